The van der Waals surface area contributed by atoms with E-state index in [1.54, 1.807) is 18.6 Å². The van der Waals surface area contributed by atoms with Crippen LogP contribution in [0.2, 0.25) is 0 Å². The minimum absolute atomic E-state index is 0.0303. The molecule has 0 saturated heterocycles. The first kappa shape index (κ1) is 16.6. The Labute approximate surface area is 162 Å². The van der Waals surface area contributed by atoms with Crippen molar-refractivity contribution in [1.82, 2.24) is 19.9 Å². The molecule has 1 amide bonds. The van der Waals surface area contributed by atoms with E-state index in [1.807, 2.05) is 47.4 Å². The van der Waals surface area contributed by atoms with Crippen LogP contribution in [0.5, 0.6) is 0 Å². The number of rotatable bonds is 4. The maximum atomic E-state index is 13.1. The maximum Gasteiger partial charge on any atom is 0.256 e. The molecule has 0 spiro atoms. The molecule has 0 unspecified atom stereocenters. The van der Waals surface area contributed by atoms with Crippen LogP contribution >= 0.6 is 0 Å². The van der Waals surface area contributed by atoms with E-state index in [2.05, 4.69) is 22.1 Å². The van der Waals surface area contributed by atoms with Crippen molar-refractivity contribution in [1.29, 1.82) is 0 Å². The fourth-order valence-electron chi connectivity index (χ4n) is 3.71. The number of hydrogen-bond donors (Lipinski definition) is 0. The van der Waals surface area contributed by atoms with Crippen LogP contribution in [0.25, 0.3) is 22.0 Å². The molecule has 4 heterocycles. The average Bonchev–Trinajstić information content (AvgIpc) is 3.08. The molecule has 0 bridgehead atoms. The van der Waals surface area contributed by atoms with Crippen LogP contribution in [0.4, 0.5) is 0 Å². The van der Waals surface area contributed by atoms with E-state index in [-0.39, 0.29) is 5.91 Å². The Morgan fingerprint density at radius 2 is 1.89 bits per heavy atom. The maximum absolute atomic E-state index is 13.1. The van der Waals surface area contributed by atoms with Gasteiger partial charge in [0.2, 0.25) is 0 Å². The summed E-state index contributed by atoms with van der Waals surface area (Å²) in [6, 6.07) is 17.9. The Balaban J connectivity index is 1.38. The van der Waals surface area contributed by atoms with Crippen molar-refractivity contribution in [3.63, 3.8) is 0 Å². The molecule has 0 saturated carbocycles. The second-order valence-electron chi connectivity index (χ2n) is 6.89. The van der Waals surface area contributed by atoms with E-state index >= 15 is 0 Å². The molecule has 5 heteroatoms. The van der Waals surface area contributed by atoms with Crippen molar-refractivity contribution >= 4 is 16.8 Å². The number of nitrogens with zero attached hydrogens (tertiary/aromatic N) is 4. The lowest BCUT2D eigenvalue weighted by Gasteiger charge is -2.15. The highest BCUT2D eigenvalue weighted by Crippen LogP contribution is 2.31. The molecule has 136 valence electrons. The van der Waals surface area contributed by atoms with Gasteiger partial charge in [-0.3, -0.25) is 19.7 Å². The molecule has 1 aliphatic heterocycles. The van der Waals surface area contributed by atoms with E-state index in [1.165, 1.54) is 0 Å². The van der Waals surface area contributed by atoms with Gasteiger partial charge in [-0.05, 0) is 29.8 Å². The molecular weight excluding hydrogens is 348 g/mol. The van der Waals surface area contributed by atoms with Crippen molar-refractivity contribution in [3.05, 3.63) is 90.1 Å². The molecule has 1 aromatic carbocycles. The van der Waals surface area contributed by atoms with Crippen LogP contribution in [0, 0.1) is 0 Å². The van der Waals surface area contributed by atoms with E-state index in [0.29, 0.717) is 25.1 Å². The molecule has 4 aromatic rings. The number of fused-ring (bicyclic) bond motifs is 2. The van der Waals surface area contributed by atoms with Crippen molar-refractivity contribution in [2.45, 2.75) is 13.0 Å². The van der Waals surface area contributed by atoms with Gasteiger partial charge in [0.1, 0.15) is 0 Å². The Hall–Kier alpha value is -3.60. The number of carbonyl (C=O) groups is 1. The monoisotopic (exact) mass is 366 g/mol. The number of para-hydroxylation sites is 1. The summed E-state index contributed by atoms with van der Waals surface area (Å²) in [6.07, 6.45) is 6.00. The number of hydrogen-bond acceptors (Lipinski definition) is 4. The van der Waals surface area contributed by atoms with Crippen molar-refractivity contribution in [2.24, 2.45) is 0 Å². The van der Waals surface area contributed by atoms with Gasteiger partial charge >= 0.3 is 0 Å². The highest BCUT2D eigenvalue weighted by Gasteiger charge is 2.31. The first-order chi connectivity index (χ1) is 13.8. The second-order valence-corrected chi connectivity index (χ2v) is 6.89. The predicted octanol–water partition coefficient (Wildman–Crippen LogP) is 3.89. The molecule has 0 N–H and O–H groups in total. The van der Waals surface area contributed by atoms with Crippen molar-refractivity contribution in [3.8, 4) is 11.1 Å². The highest BCUT2D eigenvalue weighted by molar-refractivity contribution is 6.03. The number of carbonyl (C=O) groups excluding carboxylic acids is 1. The first-order valence-electron chi connectivity index (χ1n) is 9.32. The van der Waals surface area contributed by atoms with Crippen LogP contribution in [0.15, 0.2) is 73.2 Å². The second kappa shape index (κ2) is 6.85. The topological polar surface area (TPSA) is 59.0 Å². The molecule has 0 fully saturated rings. The lowest BCUT2D eigenvalue weighted by molar-refractivity contribution is 0.0780. The molecule has 1 aliphatic rings. The number of amides is 1. The highest BCUT2D eigenvalue weighted by atomic mass is 16.2. The molecular formula is C23H18N4O. The number of aromatic nitrogens is 3. The van der Waals surface area contributed by atoms with Gasteiger partial charge in [0, 0.05) is 48.2 Å². The molecule has 28 heavy (non-hydrogen) atoms. The Kier molecular flexibility index (Phi) is 4.05. The lowest BCUT2D eigenvalue weighted by atomic mass is 10.0. The summed E-state index contributed by atoms with van der Waals surface area (Å²) in [5, 5.41) is 1.13. The Bertz CT molecular complexity index is 1170. The summed E-state index contributed by atoms with van der Waals surface area (Å²) in [4.78, 5) is 28.3. The van der Waals surface area contributed by atoms with Gasteiger partial charge in [-0.25, -0.2) is 0 Å². The van der Waals surface area contributed by atoms with Crippen LogP contribution < -0.4 is 0 Å². The molecule has 0 aliphatic carbocycles. The summed E-state index contributed by atoms with van der Waals surface area (Å²) in [6.45, 7) is 1.16. The van der Waals surface area contributed by atoms with Crippen LogP contribution in [0.1, 0.15) is 21.7 Å². The summed E-state index contributed by atoms with van der Waals surface area (Å²) < 4.78 is 0. The smallest absolute Gasteiger partial charge is 0.256 e. The zero-order valence-electron chi connectivity index (χ0n) is 15.2. The standard InChI is InChI=1S/C23H18N4O/c28-23-22-19(17-5-3-11-24-14-17)9-12-25-21(22)15-27(23)13-10-18-8-7-16-4-1-2-6-20(16)26-18/h1-9,11-12,14H,10,13,15H2. The number of pyridine rings is 3. The summed E-state index contributed by atoms with van der Waals surface area (Å²) in [5.74, 6) is 0.0303. The third-order valence-corrected chi connectivity index (χ3v) is 5.14. The van der Waals surface area contributed by atoms with Gasteiger partial charge in [-0.1, -0.05) is 30.3 Å². The van der Waals surface area contributed by atoms with E-state index in [4.69, 9.17) is 4.98 Å². The van der Waals surface area contributed by atoms with Gasteiger partial charge in [-0.2, -0.15) is 0 Å². The fraction of sp³-hybridized carbons (Fsp3) is 0.130. The number of benzene rings is 1. The van der Waals surface area contributed by atoms with Gasteiger partial charge in [0.25, 0.3) is 5.91 Å². The fourth-order valence-corrected chi connectivity index (χ4v) is 3.71. The Morgan fingerprint density at radius 3 is 2.79 bits per heavy atom. The average molecular weight is 366 g/mol. The third-order valence-electron chi connectivity index (χ3n) is 5.14. The molecule has 5 nitrogen and oxygen atoms in total. The molecule has 0 atom stereocenters. The first-order valence-corrected chi connectivity index (χ1v) is 9.32. The Morgan fingerprint density at radius 1 is 0.964 bits per heavy atom. The van der Waals surface area contributed by atoms with Gasteiger partial charge < -0.3 is 4.90 Å². The summed E-state index contributed by atoms with van der Waals surface area (Å²) in [7, 11) is 0. The normalized spacial score (nSPS) is 13.1. The minimum atomic E-state index is 0.0303. The summed E-state index contributed by atoms with van der Waals surface area (Å²) >= 11 is 0. The zero-order valence-corrected chi connectivity index (χ0v) is 15.2. The predicted molar refractivity (Wildman–Crippen MR) is 108 cm³/mol. The molecule has 5 rings (SSSR count). The molecule has 3 aromatic heterocycles. The SMILES string of the molecule is O=C1c2c(-c3cccnc3)ccnc2CN1CCc1ccc2ccccc2n1. The minimum Gasteiger partial charge on any atom is -0.332 e. The van der Waals surface area contributed by atoms with E-state index < -0.39 is 0 Å². The van der Waals surface area contributed by atoms with E-state index in [0.717, 1.165) is 33.4 Å². The van der Waals surface area contributed by atoms with E-state index in [9.17, 15) is 4.79 Å². The van der Waals surface area contributed by atoms with Gasteiger partial charge in [0.05, 0.1) is 23.3 Å². The van der Waals surface area contributed by atoms with Crippen LogP contribution in [-0.4, -0.2) is 32.3 Å². The van der Waals surface area contributed by atoms with Gasteiger partial charge in [-0.15, -0.1) is 0 Å². The quantitative estimate of drug-likeness (QED) is 0.550. The van der Waals surface area contributed by atoms with Gasteiger partial charge in [0.15, 0.2) is 0 Å². The van der Waals surface area contributed by atoms with Crippen molar-refractivity contribution in [2.75, 3.05) is 6.54 Å². The largest absolute Gasteiger partial charge is 0.332 e. The van der Waals surface area contributed by atoms with Crippen LogP contribution in [-0.2, 0) is 13.0 Å². The third kappa shape index (κ3) is 2.91. The zero-order chi connectivity index (χ0) is 18.9. The summed E-state index contributed by atoms with van der Waals surface area (Å²) in [5.41, 5.74) is 5.33. The van der Waals surface area contributed by atoms with Crippen molar-refractivity contribution < 1.29 is 4.79 Å². The molecule has 0 radical (unpaired) electrons. The lowest BCUT2D eigenvalue weighted by Crippen LogP contribution is -2.26. The van der Waals surface area contributed by atoms with Crippen LogP contribution in [0.3, 0.4) is 0 Å².